The Hall–Kier alpha value is -4.33. The van der Waals surface area contributed by atoms with Gasteiger partial charge in [-0.15, -0.1) is 0 Å². The predicted molar refractivity (Wildman–Crippen MR) is 160 cm³/mol. The van der Waals surface area contributed by atoms with Crippen LogP contribution in [0.1, 0.15) is 78.1 Å². The molecular weight excluding hydrogens is 516 g/mol. The van der Waals surface area contributed by atoms with E-state index in [1.165, 1.54) is 61.0 Å². The summed E-state index contributed by atoms with van der Waals surface area (Å²) in [5, 5.41) is 16.7. The number of aromatic nitrogens is 2. The van der Waals surface area contributed by atoms with Gasteiger partial charge in [0, 0.05) is 34.8 Å². The van der Waals surface area contributed by atoms with E-state index in [-0.39, 0.29) is 11.5 Å². The molecule has 3 heterocycles. The number of pyridine rings is 1. The fourth-order valence-corrected chi connectivity index (χ4v) is 6.24. The lowest BCUT2D eigenvalue weighted by Crippen LogP contribution is -2.48. The molecule has 0 spiro atoms. The van der Waals surface area contributed by atoms with Gasteiger partial charge in [-0.3, -0.25) is 4.79 Å². The van der Waals surface area contributed by atoms with Crippen molar-refractivity contribution in [2.24, 2.45) is 0 Å². The van der Waals surface area contributed by atoms with Crippen LogP contribution in [-0.4, -0.2) is 45.2 Å². The maximum Gasteiger partial charge on any atom is 0.337 e. The minimum Gasteiger partial charge on any atom is -0.491 e. The number of fused-ring (bicyclic) bond motifs is 5. The molecule has 1 fully saturated rings. The maximum absolute atomic E-state index is 13.5. The van der Waals surface area contributed by atoms with Crippen molar-refractivity contribution in [1.29, 1.82) is 0 Å². The van der Waals surface area contributed by atoms with Crippen LogP contribution in [0.3, 0.4) is 0 Å². The smallest absolute Gasteiger partial charge is 0.337 e. The predicted octanol–water partition coefficient (Wildman–Crippen LogP) is 6.46. The summed E-state index contributed by atoms with van der Waals surface area (Å²) in [5.41, 5.74) is 5.00. The van der Waals surface area contributed by atoms with Crippen LogP contribution in [0, 0.1) is 0 Å². The molecule has 0 unspecified atom stereocenters. The number of nitrogens with one attached hydrogen (secondary N) is 2. The molecule has 8 heteroatoms. The Morgan fingerprint density at radius 1 is 1.05 bits per heavy atom. The summed E-state index contributed by atoms with van der Waals surface area (Å²) in [6, 6.07) is 17.6. The monoisotopic (exact) mass is 552 g/mol. The van der Waals surface area contributed by atoms with Crippen molar-refractivity contribution < 1.29 is 19.4 Å². The van der Waals surface area contributed by atoms with Crippen molar-refractivity contribution in [3.8, 4) is 17.0 Å². The van der Waals surface area contributed by atoms with Gasteiger partial charge in [0.05, 0.1) is 23.3 Å². The lowest BCUT2D eigenvalue weighted by molar-refractivity contribution is 0.0696. The first kappa shape index (κ1) is 26.9. The molecule has 0 atom stereocenters. The normalized spacial score (nSPS) is 15.4. The number of carbonyl (C=O) groups excluding carboxylic acids is 1. The van der Waals surface area contributed by atoms with E-state index in [9.17, 15) is 9.59 Å². The van der Waals surface area contributed by atoms with Crippen LogP contribution in [0.4, 0.5) is 5.82 Å². The molecule has 41 heavy (non-hydrogen) atoms. The number of carboxylic acid groups (broad SMARTS) is 1. The number of hydrogen-bond acceptors (Lipinski definition) is 5. The number of nitrogens with zero attached hydrogens (tertiary/aromatic N) is 2. The number of anilines is 1. The Morgan fingerprint density at radius 2 is 1.83 bits per heavy atom. The Bertz CT molecular complexity index is 1600. The standard InChI is InChI=1S/C33H36N4O4/c1-33(2,20-35-28-15-13-23(19-34-28)32(39)40)36-31(38)22-12-14-24-26(18-22)37-16-17-41-27-11-7-6-10-25(27)30(37)29(24)21-8-4-3-5-9-21/h6-7,10-15,18-19,21H,3-5,8-9,16-17,20H2,1-2H3,(H,34,35)(H,36,38)(H,39,40). The Labute approximate surface area is 239 Å². The lowest BCUT2D eigenvalue weighted by atomic mass is 9.81. The van der Waals surface area contributed by atoms with E-state index in [4.69, 9.17) is 9.84 Å². The second-order valence-electron chi connectivity index (χ2n) is 11.8. The van der Waals surface area contributed by atoms with Gasteiger partial charge < -0.3 is 25.0 Å². The molecule has 0 saturated heterocycles. The number of rotatable bonds is 7. The van der Waals surface area contributed by atoms with Gasteiger partial charge in [0.2, 0.25) is 0 Å². The van der Waals surface area contributed by atoms with Gasteiger partial charge in [-0.2, -0.15) is 0 Å². The maximum atomic E-state index is 13.5. The average molecular weight is 553 g/mol. The molecule has 1 aliphatic heterocycles. The number of para-hydroxylation sites is 1. The van der Waals surface area contributed by atoms with Crippen LogP contribution in [0.5, 0.6) is 5.75 Å². The van der Waals surface area contributed by atoms with Crippen LogP contribution in [0.15, 0.2) is 60.8 Å². The Morgan fingerprint density at radius 3 is 2.59 bits per heavy atom. The average Bonchev–Trinajstić information content (AvgIpc) is 3.17. The third-order valence-electron chi connectivity index (χ3n) is 8.27. The zero-order valence-electron chi connectivity index (χ0n) is 23.6. The molecule has 2 aliphatic rings. The second kappa shape index (κ2) is 10.9. The van der Waals surface area contributed by atoms with Crippen molar-refractivity contribution in [3.63, 3.8) is 0 Å². The van der Waals surface area contributed by atoms with Gasteiger partial charge in [0.1, 0.15) is 18.2 Å². The quantitative estimate of drug-likeness (QED) is 0.243. The number of amides is 1. The molecule has 2 aromatic carbocycles. The summed E-state index contributed by atoms with van der Waals surface area (Å²) in [6.07, 6.45) is 7.48. The minimum atomic E-state index is -1.02. The molecule has 3 N–H and O–H groups in total. The molecule has 4 aromatic rings. The number of carbonyl (C=O) groups is 2. The SMILES string of the molecule is CC(C)(CNc1ccc(C(=O)O)cn1)NC(=O)c1ccc2c(C3CCCCC3)c3n(c2c1)CCOc1ccccc1-3. The van der Waals surface area contributed by atoms with Gasteiger partial charge >= 0.3 is 5.97 Å². The molecule has 0 radical (unpaired) electrons. The van der Waals surface area contributed by atoms with Crippen molar-refractivity contribution in [1.82, 2.24) is 14.9 Å². The Kier molecular flexibility index (Phi) is 7.15. The van der Waals surface area contributed by atoms with E-state index in [0.717, 1.165) is 23.4 Å². The molecule has 1 saturated carbocycles. The summed E-state index contributed by atoms with van der Waals surface area (Å²) in [5.74, 6) is 0.804. The molecule has 6 rings (SSSR count). The summed E-state index contributed by atoms with van der Waals surface area (Å²) >= 11 is 0. The van der Waals surface area contributed by atoms with E-state index in [1.807, 2.05) is 32.0 Å². The van der Waals surface area contributed by atoms with Crippen molar-refractivity contribution >= 4 is 28.6 Å². The van der Waals surface area contributed by atoms with Crippen LogP contribution >= 0.6 is 0 Å². The zero-order chi connectivity index (χ0) is 28.6. The highest BCUT2D eigenvalue weighted by molar-refractivity contribution is 6.01. The zero-order valence-corrected chi connectivity index (χ0v) is 23.6. The Balaban J connectivity index is 1.30. The highest BCUT2D eigenvalue weighted by atomic mass is 16.5. The molecular formula is C33H36N4O4. The molecule has 0 bridgehead atoms. The molecule has 1 amide bonds. The molecule has 212 valence electrons. The minimum absolute atomic E-state index is 0.128. The fraction of sp³-hybridized carbons (Fsp3) is 0.364. The number of aromatic carboxylic acids is 1. The second-order valence-corrected chi connectivity index (χ2v) is 11.8. The summed E-state index contributed by atoms with van der Waals surface area (Å²) < 4.78 is 8.53. The van der Waals surface area contributed by atoms with E-state index < -0.39 is 11.5 Å². The van der Waals surface area contributed by atoms with Crippen molar-refractivity contribution in [2.75, 3.05) is 18.5 Å². The largest absolute Gasteiger partial charge is 0.491 e. The van der Waals surface area contributed by atoms with Crippen molar-refractivity contribution in [3.05, 3.63) is 77.5 Å². The van der Waals surface area contributed by atoms with Crippen LogP contribution in [0.25, 0.3) is 22.2 Å². The van der Waals surface area contributed by atoms with Gasteiger partial charge in [-0.1, -0.05) is 37.5 Å². The van der Waals surface area contributed by atoms with E-state index in [0.29, 0.717) is 30.5 Å². The van der Waals surface area contributed by atoms with E-state index in [2.05, 4.69) is 44.5 Å². The van der Waals surface area contributed by atoms with E-state index in [1.54, 1.807) is 6.07 Å². The van der Waals surface area contributed by atoms with Crippen molar-refractivity contribution in [2.45, 2.75) is 64.0 Å². The first-order chi connectivity index (χ1) is 19.8. The summed E-state index contributed by atoms with van der Waals surface area (Å²) in [7, 11) is 0. The number of carboxylic acids is 1. The highest BCUT2D eigenvalue weighted by Crippen LogP contribution is 2.47. The van der Waals surface area contributed by atoms with Gasteiger partial charge in [0.15, 0.2) is 0 Å². The summed E-state index contributed by atoms with van der Waals surface area (Å²) in [6.45, 7) is 5.61. The summed E-state index contributed by atoms with van der Waals surface area (Å²) in [4.78, 5) is 28.8. The number of ether oxygens (including phenoxy) is 1. The van der Waals surface area contributed by atoms with Gasteiger partial charge in [-0.05, 0) is 74.6 Å². The molecule has 2 aromatic heterocycles. The third-order valence-corrected chi connectivity index (χ3v) is 8.27. The van der Waals surface area contributed by atoms with E-state index >= 15 is 0 Å². The third kappa shape index (κ3) is 5.38. The van der Waals surface area contributed by atoms with Gasteiger partial charge in [-0.25, -0.2) is 9.78 Å². The highest BCUT2D eigenvalue weighted by Gasteiger charge is 2.30. The first-order valence-corrected chi connectivity index (χ1v) is 14.4. The molecule has 1 aliphatic carbocycles. The van der Waals surface area contributed by atoms with Crippen LogP contribution < -0.4 is 15.4 Å². The molecule has 8 nitrogen and oxygen atoms in total. The first-order valence-electron chi connectivity index (χ1n) is 14.4. The van der Waals surface area contributed by atoms with Crippen LogP contribution in [0.2, 0.25) is 0 Å². The fourth-order valence-electron chi connectivity index (χ4n) is 6.24. The van der Waals surface area contributed by atoms with Crippen LogP contribution in [-0.2, 0) is 6.54 Å². The van der Waals surface area contributed by atoms with Gasteiger partial charge in [0.25, 0.3) is 5.91 Å². The number of benzene rings is 2. The lowest BCUT2D eigenvalue weighted by Gasteiger charge is -2.27. The topological polar surface area (TPSA) is 105 Å². The number of hydrogen-bond donors (Lipinski definition) is 3.